The van der Waals surface area contributed by atoms with Gasteiger partial charge in [-0.2, -0.15) is 0 Å². The first-order valence-corrected chi connectivity index (χ1v) is 8.59. The fourth-order valence-corrected chi connectivity index (χ4v) is 3.70. The van der Waals surface area contributed by atoms with Crippen molar-refractivity contribution in [2.45, 2.75) is 24.9 Å². The number of nitrogens with zero attached hydrogens (tertiary/aromatic N) is 2. The summed E-state index contributed by atoms with van der Waals surface area (Å²) in [6.07, 6.45) is 0.578. The molecule has 4 N–H and O–H groups in total. The summed E-state index contributed by atoms with van der Waals surface area (Å²) in [6.45, 7) is -2.21. The van der Waals surface area contributed by atoms with Crippen molar-refractivity contribution < 1.29 is 39.6 Å². The summed E-state index contributed by atoms with van der Waals surface area (Å²) in [5, 5.41) is 36.8. The lowest BCUT2D eigenvalue weighted by atomic mass is 9.82. The summed E-state index contributed by atoms with van der Waals surface area (Å²) in [5.41, 5.74) is 1.80. The van der Waals surface area contributed by atoms with E-state index in [1.165, 1.54) is 9.80 Å². The summed E-state index contributed by atoms with van der Waals surface area (Å²) in [7, 11) is 0. The number of benzene rings is 1. The van der Waals surface area contributed by atoms with Gasteiger partial charge < -0.3 is 20.4 Å². The number of rotatable bonds is 10. The maximum atomic E-state index is 11.3. The Bertz CT molecular complexity index is 671. The van der Waals surface area contributed by atoms with Gasteiger partial charge in [0.2, 0.25) is 0 Å². The molecule has 2 atom stereocenters. The van der Waals surface area contributed by atoms with Crippen LogP contribution in [0, 0.1) is 0 Å². The highest BCUT2D eigenvalue weighted by molar-refractivity contribution is 5.73. The molecule has 0 bridgehead atoms. The van der Waals surface area contributed by atoms with E-state index in [1.807, 2.05) is 12.1 Å². The number of hydrogen-bond acceptors (Lipinski definition) is 6. The van der Waals surface area contributed by atoms with Crippen LogP contribution < -0.4 is 0 Å². The van der Waals surface area contributed by atoms with E-state index in [0.717, 1.165) is 11.1 Å². The van der Waals surface area contributed by atoms with Crippen LogP contribution in [0.3, 0.4) is 0 Å². The highest BCUT2D eigenvalue weighted by Gasteiger charge is 2.38. The van der Waals surface area contributed by atoms with Gasteiger partial charge in [0.1, 0.15) is 0 Å². The fourth-order valence-electron chi connectivity index (χ4n) is 3.70. The summed E-state index contributed by atoms with van der Waals surface area (Å²) < 4.78 is 0. The maximum Gasteiger partial charge on any atom is 0.317 e. The number of hydrogen-bond donors (Lipinski definition) is 4. The summed E-state index contributed by atoms with van der Waals surface area (Å²) in [5.74, 6) is -4.88. The van der Waals surface area contributed by atoms with Gasteiger partial charge in [-0.1, -0.05) is 24.3 Å². The Morgan fingerprint density at radius 2 is 0.964 bits per heavy atom. The molecule has 1 aliphatic carbocycles. The maximum absolute atomic E-state index is 11.3. The number of fused-ring (bicyclic) bond motifs is 1. The second kappa shape index (κ2) is 9.29. The Morgan fingerprint density at radius 1 is 0.679 bits per heavy atom. The van der Waals surface area contributed by atoms with Crippen LogP contribution in [0.15, 0.2) is 24.3 Å². The minimum absolute atomic E-state index is 0.289. The molecule has 1 aliphatic rings. The number of carboxylic acid groups (broad SMARTS) is 4. The molecule has 10 heteroatoms. The zero-order chi connectivity index (χ0) is 20.8. The first-order chi connectivity index (χ1) is 13.2. The van der Waals surface area contributed by atoms with Crippen LogP contribution in [0.1, 0.15) is 11.1 Å². The van der Waals surface area contributed by atoms with Gasteiger partial charge in [-0.25, -0.2) is 0 Å². The molecule has 2 rings (SSSR count). The molecule has 0 saturated heterocycles. The second-order valence-electron chi connectivity index (χ2n) is 6.70. The minimum atomic E-state index is -1.22. The molecule has 0 aliphatic heterocycles. The molecular formula is C18H22N2O8. The van der Waals surface area contributed by atoms with Crippen molar-refractivity contribution in [2.75, 3.05) is 26.2 Å². The predicted molar refractivity (Wildman–Crippen MR) is 95.1 cm³/mol. The average Bonchev–Trinajstić information content (AvgIpc) is 2.58. The number of carboxylic acids is 4. The van der Waals surface area contributed by atoms with Gasteiger partial charge >= 0.3 is 23.9 Å². The molecule has 0 radical (unpaired) electrons. The SMILES string of the molecule is O=C(O)CN(CC(=O)O)[C@@H]1Cc2ccccc2C[C@H]1N(CC(=O)O)CC(=O)O. The van der Waals surface area contributed by atoms with Crippen molar-refractivity contribution in [3.8, 4) is 0 Å². The van der Waals surface area contributed by atoms with Crippen molar-refractivity contribution in [3.63, 3.8) is 0 Å². The molecule has 28 heavy (non-hydrogen) atoms. The van der Waals surface area contributed by atoms with E-state index in [2.05, 4.69) is 0 Å². The topological polar surface area (TPSA) is 156 Å². The van der Waals surface area contributed by atoms with E-state index in [1.54, 1.807) is 12.1 Å². The smallest absolute Gasteiger partial charge is 0.317 e. The first kappa shape index (κ1) is 21.3. The molecule has 0 fully saturated rings. The minimum Gasteiger partial charge on any atom is -0.480 e. The highest BCUT2D eigenvalue weighted by Crippen LogP contribution is 2.28. The third-order valence-corrected chi connectivity index (χ3v) is 4.71. The van der Waals surface area contributed by atoms with Crippen LogP contribution in [0.4, 0.5) is 0 Å². The Balaban J connectivity index is 2.45. The summed E-state index contributed by atoms with van der Waals surface area (Å²) in [4.78, 5) is 47.6. The van der Waals surface area contributed by atoms with Gasteiger partial charge in [-0.05, 0) is 24.0 Å². The fraction of sp³-hybridized carbons (Fsp3) is 0.444. The van der Waals surface area contributed by atoms with Gasteiger partial charge in [-0.3, -0.25) is 29.0 Å². The largest absolute Gasteiger partial charge is 0.480 e. The van der Waals surface area contributed by atoms with Crippen LogP contribution in [0.2, 0.25) is 0 Å². The summed E-state index contributed by atoms with van der Waals surface area (Å²) in [6, 6.07) is 5.97. The Kier molecular flexibility index (Phi) is 7.07. The van der Waals surface area contributed by atoms with Crippen LogP contribution in [0.5, 0.6) is 0 Å². The standard InChI is InChI=1S/C18H22N2O8/c21-15(22)7-19(8-16(23)24)13-5-11-3-1-2-4-12(11)6-14(13)20(9-17(25)26)10-18(27)28/h1-4,13-14H,5-10H2,(H,21,22)(H,23,24)(H,25,26)(H,27,28)/t13-,14-/m1/s1. The third-order valence-electron chi connectivity index (χ3n) is 4.71. The number of aliphatic carboxylic acids is 4. The van der Waals surface area contributed by atoms with E-state index in [9.17, 15) is 39.6 Å². The van der Waals surface area contributed by atoms with Gasteiger partial charge in [0.05, 0.1) is 26.2 Å². The van der Waals surface area contributed by atoms with Crippen LogP contribution in [0.25, 0.3) is 0 Å². The van der Waals surface area contributed by atoms with Crippen LogP contribution >= 0.6 is 0 Å². The molecule has 0 spiro atoms. The molecule has 0 unspecified atom stereocenters. The quantitative estimate of drug-likeness (QED) is 0.407. The Hall–Kier alpha value is -2.98. The Labute approximate surface area is 160 Å². The van der Waals surface area contributed by atoms with Crippen molar-refractivity contribution in [1.82, 2.24) is 9.80 Å². The average molecular weight is 394 g/mol. The molecule has 1 aromatic rings. The van der Waals surface area contributed by atoms with Crippen molar-refractivity contribution in [1.29, 1.82) is 0 Å². The molecule has 152 valence electrons. The van der Waals surface area contributed by atoms with E-state index < -0.39 is 62.1 Å². The van der Waals surface area contributed by atoms with Crippen LogP contribution in [-0.4, -0.2) is 92.4 Å². The molecule has 1 aromatic carbocycles. The van der Waals surface area contributed by atoms with Gasteiger partial charge in [0.15, 0.2) is 0 Å². The third kappa shape index (κ3) is 5.76. The van der Waals surface area contributed by atoms with E-state index in [4.69, 9.17) is 0 Å². The van der Waals surface area contributed by atoms with Crippen molar-refractivity contribution in [3.05, 3.63) is 35.4 Å². The van der Waals surface area contributed by atoms with Crippen molar-refractivity contribution in [2.24, 2.45) is 0 Å². The van der Waals surface area contributed by atoms with Crippen LogP contribution in [-0.2, 0) is 32.0 Å². The van der Waals surface area contributed by atoms with E-state index in [0.29, 0.717) is 0 Å². The normalized spacial score (nSPS) is 18.6. The molecule has 0 heterocycles. The highest BCUT2D eigenvalue weighted by atomic mass is 16.4. The first-order valence-electron chi connectivity index (χ1n) is 8.59. The predicted octanol–water partition coefficient (Wildman–Crippen LogP) is -0.535. The lowest BCUT2D eigenvalue weighted by molar-refractivity contribution is -0.148. The lowest BCUT2D eigenvalue weighted by Gasteiger charge is -2.44. The van der Waals surface area contributed by atoms with Gasteiger partial charge in [0, 0.05) is 12.1 Å². The molecule has 0 amide bonds. The zero-order valence-corrected chi connectivity index (χ0v) is 15.0. The summed E-state index contributed by atoms with van der Waals surface area (Å²) >= 11 is 0. The molecule has 10 nitrogen and oxygen atoms in total. The van der Waals surface area contributed by atoms with E-state index in [-0.39, 0.29) is 12.8 Å². The van der Waals surface area contributed by atoms with Gasteiger partial charge in [-0.15, -0.1) is 0 Å². The second-order valence-corrected chi connectivity index (χ2v) is 6.70. The molecule has 0 aromatic heterocycles. The van der Waals surface area contributed by atoms with Gasteiger partial charge in [0.25, 0.3) is 0 Å². The Morgan fingerprint density at radius 3 is 1.21 bits per heavy atom. The zero-order valence-electron chi connectivity index (χ0n) is 15.0. The molecular weight excluding hydrogens is 372 g/mol. The lowest BCUT2D eigenvalue weighted by Crippen LogP contribution is -2.59. The van der Waals surface area contributed by atoms with Crippen molar-refractivity contribution >= 4 is 23.9 Å². The van der Waals surface area contributed by atoms with E-state index >= 15 is 0 Å². The monoisotopic (exact) mass is 394 g/mol. The molecule has 0 saturated carbocycles. The number of carbonyl (C=O) groups is 4.